The second-order valence-electron chi connectivity index (χ2n) is 4.99. The van der Waals surface area contributed by atoms with Gasteiger partial charge in [-0.3, -0.25) is 9.59 Å². The van der Waals surface area contributed by atoms with E-state index in [1.807, 2.05) is 0 Å². The summed E-state index contributed by atoms with van der Waals surface area (Å²) < 4.78 is 0. The summed E-state index contributed by atoms with van der Waals surface area (Å²) in [5.74, 6) is -1.34. The number of nitrogens with one attached hydrogen (secondary N) is 1. The summed E-state index contributed by atoms with van der Waals surface area (Å²) in [7, 11) is 0. The molecule has 0 saturated heterocycles. The van der Waals surface area contributed by atoms with E-state index in [4.69, 9.17) is 28.3 Å². The molecule has 1 amide bonds. The Kier molecular flexibility index (Phi) is 4.89. The van der Waals surface area contributed by atoms with E-state index in [0.29, 0.717) is 34.9 Å². The van der Waals surface area contributed by atoms with Gasteiger partial charge in [0.05, 0.1) is 12.3 Å². The molecule has 1 aliphatic carbocycles. The van der Waals surface area contributed by atoms with Gasteiger partial charge in [-0.15, -0.1) is 0 Å². The first-order valence-corrected chi connectivity index (χ1v) is 7.18. The number of hydrogen-bond acceptors (Lipinski definition) is 2. The molecule has 1 saturated carbocycles. The first kappa shape index (κ1) is 15.1. The van der Waals surface area contributed by atoms with E-state index < -0.39 is 5.97 Å². The Morgan fingerprint density at radius 2 is 1.90 bits per heavy atom. The molecule has 2 atom stereocenters. The minimum Gasteiger partial charge on any atom is -0.481 e. The molecule has 4 nitrogen and oxygen atoms in total. The molecule has 2 unspecified atom stereocenters. The molecule has 0 bridgehead atoms. The lowest BCUT2D eigenvalue weighted by atomic mass is 10.1. The molecular formula is C14H15Cl2NO3. The largest absolute Gasteiger partial charge is 0.481 e. The summed E-state index contributed by atoms with van der Waals surface area (Å²) in [4.78, 5) is 22.8. The Hall–Kier alpha value is -1.26. The number of carboxylic acid groups (broad SMARTS) is 1. The first-order valence-electron chi connectivity index (χ1n) is 6.42. The van der Waals surface area contributed by atoms with Crippen LogP contribution < -0.4 is 5.32 Å². The van der Waals surface area contributed by atoms with Crippen LogP contribution in [0.15, 0.2) is 18.2 Å². The number of halogens is 2. The van der Waals surface area contributed by atoms with Gasteiger partial charge >= 0.3 is 5.97 Å². The molecule has 1 aromatic carbocycles. The van der Waals surface area contributed by atoms with E-state index in [-0.39, 0.29) is 24.3 Å². The number of benzene rings is 1. The van der Waals surface area contributed by atoms with E-state index in [1.165, 1.54) is 0 Å². The highest BCUT2D eigenvalue weighted by molar-refractivity contribution is 6.36. The second kappa shape index (κ2) is 6.46. The zero-order valence-corrected chi connectivity index (χ0v) is 12.2. The molecular weight excluding hydrogens is 301 g/mol. The Labute approximate surface area is 127 Å². The maximum atomic E-state index is 12.0. The quantitative estimate of drug-likeness (QED) is 0.897. The Morgan fingerprint density at radius 1 is 1.25 bits per heavy atom. The van der Waals surface area contributed by atoms with Gasteiger partial charge in [-0.2, -0.15) is 0 Å². The van der Waals surface area contributed by atoms with Crippen LogP contribution in [0.25, 0.3) is 0 Å². The number of hydrogen-bond donors (Lipinski definition) is 2. The van der Waals surface area contributed by atoms with Gasteiger partial charge in [-0.25, -0.2) is 0 Å². The summed E-state index contributed by atoms with van der Waals surface area (Å²) in [6.07, 6.45) is 1.89. The lowest BCUT2D eigenvalue weighted by Crippen LogP contribution is -2.34. The highest BCUT2D eigenvalue weighted by Gasteiger charge is 2.30. The van der Waals surface area contributed by atoms with E-state index >= 15 is 0 Å². The van der Waals surface area contributed by atoms with Gasteiger partial charge < -0.3 is 10.4 Å². The average molecular weight is 316 g/mol. The van der Waals surface area contributed by atoms with Gasteiger partial charge in [0.1, 0.15) is 0 Å². The molecule has 0 heterocycles. The van der Waals surface area contributed by atoms with Gasteiger partial charge in [0.2, 0.25) is 5.91 Å². The number of aliphatic carboxylic acids is 1. The number of amides is 1. The van der Waals surface area contributed by atoms with Crippen LogP contribution in [0, 0.1) is 5.92 Å². The third-order valence-electron chi connectivity index (χ3n) is 3.55. The van der Waals surface area contributed by atoms with Crippen molar-refractivity contribution in [3.8, 4) is 0 Å². The Bertz CT molecular complexity index is 513. The monoisotopic (exact) mass is 315 g/mol. The summed E-state index contributed by atoms with van der Waals surface area (Å²) in [6.45, 7) is 0. The fourth-order valence-electron chi connectivity index (χ4n) is 2.48. The van der Waals surface area contributed by atoms with E-state index in [9.17, 15) is 9.59 Å². The van der Waals surface area contributed by atoms with E-state index in [2.05, 4.69) is 5.32 Å². The molecule has 1 aliphatic rings. The third-order valence-corrected chi connectivity index (χ3v) is 4.25. The lowest BCUT2D eigenvalue weighted by Gasteiger charge is -2.13. The smallest absolute Gasteiger partial charge is 0.306 e. The van der Waals surface area contributed by atoms with Crippen LogP contribution in [0.3, 0.4) is 0 Å². The van der Waals surface area contributed by atoms with Crippen molar-refractivity contribution < 1.29 is 14.7 Å². The second-order valence-corrected chi connectivity index (χ2v) is 5.80. The number of carbonyl (C=O) groups excluding carboxylic acids is 1. The summed E-state index contributed by atoms with van der Waals surface area (Å²) in [5, 5.41) is 12.7. The lowest BCUT2D eigenvalue weighted by molar-refractivity contribution is -0.141. The molecule has 1 aromatic rings. The Morgan fingerprint density at radius 3 is 2.45 bits per heavy atom. The van der Waals surface area contributed by atoms with Crippen LogP contribution in [0.4, 0.5) is 0 Å². The molecule has 20 heavy (non-hydrogen) atoms. The molecule has 6 heteroatoms. The fourth-order valence-corrected chi connectivity index (χ4v) is 3.01. The summed E-state index contributed by atoms with van der Waals surface area (Å²) in [5.41, 5.74) is 0.598. The standard InChI is InChI=1S/C14H15Cl2NO3/c15-11-2-1-3-12(16)10(11)7-13(18)17-9-5-4-8(6-9)14(19)20/h1-3,8-9H,4-7H2,(H,17,18)(H,19,20). The van der Waals surface area contributed by atoms with E-state index in [1.54, 1.807) is 18.2 Å². The molecule has 0 radical (unpaired) electrons. The van der Waals surface area contributed by atoms with Crippen LogP contribution >= 0.6 is 23.2 Å². The van der Waals surface area contributed by atoms with Crippen LogP contribution in [0.5, 0.6) is 0 Å². The van der Waals surface area contributed by atoms with Crippen molar-refractivity contribution in [3.63, 3.8) is 0 Å². The van der Waals surface area contributed by atoms with Gasteiger partial charge in [0.15, 0.2) is 0 Å². The summed E-state index contributed by atoms with van der Waals surface area (Å²) >= 11 is 12.0. The number of carbonyl (C=O) groups is 2. The van der Waals surface area contributed by atoms with Gasteiger partial charge in [0.25, 0.3) is 0 Å². The highest BCUT2D eigenvalue weighted by Crippen LogP contribution is 2.27. The van der Waals surface area contributed by atoms with Crippen molar-refractivity contribution in [1.29, 1.82) is 0 Å². The third kappa shape index (κ3) is 3.64. The average Bonchev–Trinajstić information content (AvgIpc) is 2.82. The first-order chi connectivity index (χ1) is 9.47. The van der Waals surface area contributed by atoms with Gasteiger partial charge in [-0.05, 0) is 37.0 Å². The molecule has 0 aromatic heterocycles. The Balaban J connectivity index is 1.92. The molecule has 2 N–H and O–H groups in total. The molecule has 1 fully saturated rings. The topological polar surface area (TPSA) is 66.4 Å². The van der Waals surface area contributed by atoms with Crippen LogP contribution in [-0.2, 0) is 16.0 Å². The van der Waals surface area contributed by atoms with E-state index in [0.717, 1.165) is 0 Å². The van der Waals surface area contributed by atoms with Crippen LogP contribution in [0.1, 0.15) is 24.8 Å². The maximum absolute atomic E-state index is 12.0. The van der Waals surface area contributed by atoms with Crippen molar-refractivity contribution >= 4 is 35.1 Å². The molecule has 2 rings (SSSR count). The van der Waals surface area contributed by atoms with Crippen molar-refractivity contribution in [3.05, 3.63) is 33.8 Å². The fraction of sp³-hybridized carbons (Fsp3) is 0.429. The molecule has 0 aliphatic heterocycles. The predicted molar refractivity (Wildman–Crippen MR) is 77.1 cm³/mol. The minimum absolute atomic E-state index is 0.0788. The van der Waals surface area contributed by atoms with Crippen molar-refractivity contribution in [2.24, 2.45) is 5.92 Å². The SMILES string of the molecule is O=C(Cc1c(Cl)cccc1Cl)NC1CCC(C(=O)O)C1. The zero-order chi connectivity index (χ0) is 14.7. The van der Waals surface area contributed by atoms with Gasteiger partial charge in [0, 0.05) is 16.1 Å². The zero-order valence-electron chi connectivity index (χ0n) is 10.7. The molecule has 108 valence electrons. The normalized spacial score (nSPS) is 21.7. The van der Waals surface area contributed by atoms with Crippen LogP contribution in [-0.4, -0.2) is 23.0 Å². The van der Waals surface area contributed by atoms with Crippen LogP contribution in [0.2, 0.25) is 10.0 Å². The number of rotatable bonds is 4. The predicted octanol–water partition coefficient (Wildman–Crippen LogP) is 2.91. The van der Waals surface area contributed by atoms with Gasteiger partial charge in [-0.1, -0.05) is 29.3 Å². The molecule has 0 spiro atoms. The summed E-state index contributed by atoms with van der Waals surface area (Å²) in [6, 6.07) is 5.02. The van der Waals surface area contributed by atoms with Crippen molar-refractivity contribution in [2.75, 3.05) is 0 Å². The minimum atomic E-state index is -0.795. The maximum Gasteiger partial charge on any atom is 0.306 e. The highest BCUT2D eigenvalue weighted by atomic mass is 35.5. The van der Waals surface area contributed by atoms with Crippen molar-refractivity contribution in [2.45, 2.75) is 31.7 Å². The van der Waals surface area contributed by atoms with Crippen molar-refractivity contribution in [1.82, 2.24) is 5.32 Å². The number of carboxylic acids is 1.